The Morgan fingerprint density at radius 3 is 2.32 bits per heavy atom. The fourth-order valence-electron chi connectivity index (χ4n) is 4.47. The zero-order valence-electron chi connectivity index (χ0n) is 19.7. The van der Waals surface area contributed by atoms with Crippen LogP contribution >= 0.6 is 0 Å². The number of hydrogen-bond donors (Lipinski definition) is 2. The minimum atomic E-state index is -3.31. The fraction of sp³-hybridized carbons (Fsp3) is 0.909. The molecule has 0 bridgehead atoms. The van der Waals surface area contributed by atoms with Gasteiger partial charge in [-0.2, -0.15) is 0 Å². The Balaban J connectivity index is 2.01. The third-order valence-corrected chi connectivity index (χ3v) is 8.08. The third-order valence-electron chi connectivity index (χ3n) is 6.04. The van der Waals surface area contributed by atoms with Crippen molar-refractivity contribution in [3.8, 4) is 0 Å². The minimum absolute atomic E-state index is 0.115. The summed E-state index contributed by atoms with van der Waals surface area (Å²) in [6.45, 7) is 8.39. The molecule has 1 saturated heterocycles. The van der Waals surface area contributed by atoms with Crippen LogP contribution in [0.2, 0.25) is 0 Å². The van der Waals surface area contributed by atoms with E-state index in [2.05, 4.69) is 10.6 Å². The average molecular weight is 460 g/mol. The van der Waals surface area contributed by atoms with Gasteiger partial charge in [-0.05, 0) is 52.9 Å². The summed E-state index contributed by atoms with van der Waals surface area (Å²) in [4.78, 5) is 25.4. The highest BCUT2D eigenvalue weighted by atomic mass is 32.2. The van der Waals surface area contributed by atoms with Crippen LogP contribution in [0.4, 0.5) is 4.79 Å². The van der Waals surface area contributed by atoms with Gasteiger partial charge in [-0.25, -0.2) is 17.5 Å². The van der Waals surface area contributed by atoms with Gasteiger partial charge in [0.1, 0.15) is 5.60 Å². The van der Waals surface area contributed by atoms with Gasteiger partial charge in [-0.1, -0.05) is 32.6 Å². The number of piperidine rings is 1. The summed E-state index contributed by atoms with van der Waals surface area (Å²) in [5.41, 5.74) is -1.12. The van der Waals surface area contributed by atoms with Crippen molar-refractivity contribution >= 4 is 22.0 Å². The van der Waals surface area contributed by atoms with Crippen molar-refractivity contribution in [1.82, 2.24) is 14.9 Å². The van der Waals surface area contributed by atoms with E-state index in [-0.39, 0.29) is 24.1 Å². The van der Waals surface area contributed by atoms with Crippen LogP contribution in [0.1, 0.15) is 85.5 Å². The lowest BCUT2D eigenvalue weighted by Crippen LogP contribution is -2.57. The number of carbonyl (C=O) groups is 2. The molecule has 2 amide bonds. The number of nitrogens with one attached hydrogen (secondary N) is 2. The molecule has 9 heteroatoms. The van der Waals surface area contributed by atoms with Crippen molar-refractivity contribution < 1.29 is 22.7 Å². The molecule has 0 spiro atoms. The first-order valence-corrected chi connectivity index (χ1v) is 13.3. The summed E-state index contributed by atoms with van der Waals surface area (Å²) >= 11 is 0. The van der Waals surface area contributed by atoms with E-state index >= 15 is 0 Å². The van der Waals surface area contributed by atoms with E-state index in [0.29, 0.717) is 32.4 Å². The number of nitrogens with zero attached hydrogens (tertiary/aromatic N) is 1. The van der Waals surface area contributed by atoms with Crippen molar-refractivity contribution in [3.05, 3.63) is 0 Å². The van der Waals surface area contributed by atoms with Crippen LogP contribution in [-0.4, -0.2) is 61.3 Å². The summed E-state index contributed by atoms with van der Waals surface area (Å²) in [6, 6.07) is 0. The van der Waals surface area contributed by atoms with Crippen LogP contribution in [0.15, 0.2) is 0 Å². The highest BCUT2D eigenvalue weighted by molar-refractivity contribution is 7.89. The molecular weight excluding hydrogens is 418 g/mol. The Hall–Kier alpha value is -1.35. The van der Waals surface area contributed by atoms with E-state index in [0.717, 1.165) is 38.5 Å². The molecule has 2 aliphatic rings. The molecule has 2 fully saturated rings. The van der Waals surface area contributed by atoms with Crippen molar-refractivity contribution in [2.75, 3.05) is 25.4 Å². The van der Waals surface area contributed by atoms with E-state index in [1.165, 1.54) is 4.31 Å². The number of carbonyl (C=O) groups excluding carboxylic acids is 2. The first kappa shape index (κ1) is 25.9. The number of rotatable bonds is 7. The van der Waals surface area contributed by atoms with Crippen molar-refractivity contribution in [3.63, 3.8) is 0 Å². The highest BCUT2D eigenvalue weighted by Crippen LogP contribution is 2.28. The first-order chi connectivity index (χ1) is 14.5. The smallest absolute Gasteiger partial charge is 0.408 e. The van der Waals surface area contributed by atoms with Crippen molar-refractivity contribution in [2.24, 2.45) is 5.92 Å². The van der Waals surface area contributed by atoms with E-state index in [1.54, 1.807) is 0 Å². The third kappa shape index (κ3) is 8.25. The standard InChI is InChI=1S/C22H41N3O5S/c1-5-15-31(28,29)25-14-10-11-18(16-25)19(26)23-17-22(12-8-6-7-9-13-22)24-20(27)30-21(2,3)4/h18H,5-17H2,1-4H3,(H,23,26)(H,24,27). The molecule has 1 heterocycles. The van der Waals surface area contributed by atoms with Gasteiger partial charge in [0.05, 0.1) is 17.2 Å². The molecule has 1 saturated carbocycles. The van der Waals surface area contributed by atoms with Crippen LogP contribution < -0.4 is 10.6 Å². The summed E-state index contributed by atoms with van der Waals surface area (Å²) in [7, 11) is -3.31. The molecule has 1 aliphatic carbocycles. The van der Waals surface area contributed by atoms with Crippen molar-refractivity contribution in [2.45, 2.75) is 96.6 Å². The summed E-state index contributed by atoms with van der Waals surface area (Å²) < 4.78 is 31.8. The van der Waals surface area contributed by atoms with E-state index < -0.39 is 27.3 Å². The molecule has 0 aromatic heterocycles. The normalized spacial score (nSPS) is 22.9. The number of amides is 2. The van der Waals surface area contributed by atoms with Gasteiger partial charge in [0.2, 0.25) is 15.9 Å². The zero-order valence-corrected chi connectivity index (χ0v) is 20.5. The second kappa shape index (κ2) is 11.0. The zero-order chi connectivity index (χ0) is 23.1. The lowest BCUT2D eigenvalue weighted by molar-refractivity contribution is -0.126. The molecule has 1 aliphatic heterocycles. The fourth-order valence-corrected chi connectivity index (χ4v) is 6.06. The second-order valence-electron chi connectivity index (χ2n) is 10.1. The summed E-state index contributed by atoms with van der Waals surface area (Å²) in [5, 5.41) is 6.09. The van der Waals surface area contributed by atoms with Gasteiger partial charge in [0.15, 0.2) is 0 Å². The van der Waals surface area contributed by atoms with Gasteiger partial charge >= 0.3 is 6.09 Å². The monoisotopic (exact) mass is 459 g/mol. The Morgan fingerprint density at radius 1 is 1.10 bits per heavy atom. The second-order valence-corrected chi connectivity index (χ2v) is 12.1. The number of ether oxygens (including phenoxy) is 1. The topological polar surface area (TPSA) is 105 Å². The highest BCUT2D eigenvalue weighted by Gasteiger charge is 2.37. The molecule has 0 aromatic carbocycles. The molecule has 31 heavy (non-hydrogen) atoms. The molecule has 2 rings (SSSR count). The maximum Gasteiger partial charge on any atom is 0.408 e. The Labute approximate surface area is 187 Å². The lowest BCUT2D eigenvalue weighted by Gasteiger charge is -2.36. The average Bonchev–Trinajstić information content (AvgIpc) is 2.90. The van der Waals surface area contributed by atoms with E-state index in [4.69, 9.17) is 4.74 Å². The summed E-state index contributed by atoms with van der Waals surface area (Å²) in [5.74, 6) is -0.375. The molecule has 2 N–H and O–H groups in total. The Kier molecular flexibility index (Phi) is 9.18. The molecule has 0 radical (unpaired) electrons. The largest absolute Gasteiger partial charge is 0.444 e. The van der Waals surface area contributed by atoms with Crippen molar-refractivity contribution in [1.29, 1.82) is 0 Å². The lowest BCUT2D eigenvalue weighted by atomic mass is 9.89. The predicted octanol–water partition coefficient (Wildman–Crippen LogP) is 3.17. The summed E-state index contributed by atoms with van der Waals surface area (Å²) in [6.07, 6.45) is 7.22. The van der Waals surface area contributed by atoms with E-state index in [9.17, 15) is 18.0 Å². The van der Waals surface area contributed by atoms with Gasteiger partial charge in [-0.3, -0.25) is 4.79 Å². The van der Waals surface area contributed by atoms with Crippen LogP contribution in [0.3, 0.4) is 0 Å². The van der Waals surface area contributed by atoms with E-state index in [1.807, 2.05) is 27.7 Å². The van der Waals surface area contributed by atoms with Gasteiger partial charge in [0.25, 0.3) is 0 Å². The first-order valence-electron chi connectivity index (χ1n) is 11.7. The Bertz CT molecular complexity index is 709. The van der Waals surface area contributed by atoms with Crippen LogP contribution in [-0.2, 0) is 19.6 Å². The number of sulfonamides is 1. The molecule has 8 nitrogen and oxygen atoms in total. The molecule has 0 aromatic rings. The Morgan fingerprint density at radius 2 is 1.74 bits per heavy atom. The molecular formula is C22H41N3O5S. The predicted molar refractivity (Wildman–Crippen MR) is 121 cm³/mol. The molecule has 1 unspecified atom stereocenters. The minimum Gasteiger partial charge on any atom is -0.444 e. The van der Waals surface area contributed by atoms with Gasteiger partial charge in [0, 0.05) is 19.6 Å². The quantitative estimate of drug-likeness (QED) is 0.569. The van der Waals surface area contributed by atoms with Crippen LogP contribution in [0.5, 0.6) is 0 Å². The van der Waals surface area contributed by atoms with Gasteiger partial charge in [-0.15, -0.1) is 0 Å². The van der Waals surface area contributed by atoms with Crippen LogP contribution in [0.25, 0.3) is 0 Å². The van der Waals surface area contributed by atoms with Crippen LogP contribution in [0, 0.1) is 5.92 Å². The maximum absolute atomic E-state index is 12.9. The number of alkyl carbamates (subject to hydrolysis) is 1. The number of hydrogen-bond acceptors (Lipinski definition) is 5. The molecule has 180 valence electrons. The molecule has 1 atom stereocenters. The SMILES string of the molecule is CCCS(=O)(=O)N1CCCC(C(=O)NCC2(NC(=O)OC(C)(C)C)CCCCCC2)C1. The van der Waals surface area contributed by atoms with Gasteiger partial charge < -0.3 is 15.4 Å². The maximum atomic E-state index is 12.9.